The van der Waals surface area contributed by atoms with Gasteiger partial charge in [0.05, 0.1) is 16.3 Å². The summed E-state index contributed by atoms with van der Waals surface area (Å²) in [6, 6.07) is 9.11. The van der Waals surface area contributed by atoms with Gasteiger partial charge in [0, 0.05) is 16.6 Å². The molecule has 0 saturated heterocycles. The number of nitrogens with zero attached hydrogens (tertiary/aromatic N) is 1. The lowest BCUT2D eigenvalue weighted by Crippen LogP contribution is -2.15. The molecule has 0 radical (unpaired) electrons. The second-order valence-corrected chi connectivity index (χ2v) is 8.10. The standard InChI is InChI=1S/C17H13FN2O4S2/c1-10-19-15(9-25-10)11-3-2-4-13(7-11)20-26(23,24)16-8-12(17(21)22)5-6-14(16)18/h2-9,20H,1H3,(H,21,22). The van der Waals surface area contributed by atoms with Crippen molar-refractivity contribution < 1.29 is 22.7 Å². The minimum absolute atomic E-state index is 0.216. The molecule has 9 heteroatoms. The van der Waals surface area contributed by atoms with Gasteiger partial charge in [0.25, 0.3) is 10.0 Å². The van der Waals surface area contributed by atoms with E-state index in [2.05, 4.69) is 9.71 Å². The zero-order chi connectivity index (χ0) is 18.9. The van der Waals surface area contributed by atoms with Crippen LogP contribution in [0.1, 0.15) is 15.4 Å². The average Bonchev–Trinajstić information content (AvgIpc) is 3.01. The Bertz CT molecular complexity index is 1090. The highest BCUT2D eigenvalue weighted by Crippen LogP contribution is 2.26. The van der Waals surface area contributed by atoms with Crippen LogP contribution in [0.25, 0.3) is 11.3 Å². The predicted octanol–water partition coefficient (Wildman–Crippen LogP) is 3.76. The number of thiazole rings is 1. The lowest BCUT2D eigenvalue weighted by atomic mass is 10.1. The first-order chi connectivity index (χ1) is 12.3. The maximum atomic E-state index is 14.0. The maximum absolute atomic E-state index is 14.0. The number of nitrogens with one attached hydrogen (secondary N) is 1. The number of sulfonamides is 1. The van der Waals surface area contributed by atoms with Crippen molar-refractivity contribution in [1.29, 1.82) is 0 Å². The van der Waals surface area contributed by atoms with Crippen molar-refractivity contribution in [2.45, 2.75) is 11.8 Å². The van der Waals surface area contributed by atoms with Gasteiger partial charge in [0.1, 0.15) is 10.7 Å². The number of carboxylic acid groups (broad SMARTS) is 1. The molecule has 0 fully saturated rings. The molecule has 0 aliphatic heterocycles. The van der Waals surface area contributed by atoms with Gasteiger partial charge >= 0.3 is 5.97 Å². The molecule has 134 valence electrons. The Morgan fingerprint density at radius 1 is 1.23 bits per heavy atom. The number of carbonyl (C=O) groups is 1. The van der Waals surface area contributed by atoms with Crippen LogP contribution < -0.4 is 4.72 Å². The van der Waals surface area contributed by atoms with E-state index in [1.807, 2.05) is 12.3 Å². The highest BCUT2D eigenvalue weighted by molar-refractivity contribution is 7.92. The summed E-state index contributed by atoms with van der Waals surface area (Å²) >= 11 is 1.47. The fourth-order valence-corrected chi connectivity index (χ4v) is 4.07. The van der Waals surface area contributed by atoms with Crippen LogP contribution in [0, 0.1) is 12.7 Å². The minimum atomic E-state index is -4.30. The van der Waals surface area contributed by atoms with Gasteiger partial charge in [0.2, 0.25) is 0 Å². The van der Waals surface area contributed by atoms with Crippen LogP contribution in [0.3, 0.4) is 0 Å². The minimum Gasteiger partial charge on any atom is -0.478 e. The smallest absolute Gasteiger partial charge is 0.335 e. The summed E-state index contributed by atoms with van der Waals surface area (Å²) in [4.78, 5) is 14.6. The zero-order valence-corrected chi connectivity index (χ0v) is 15.1. The molecule has 0 aliphatic rings. The lowest BCUT2D eigenvalue weighted by molar-refractivity contribution is 0.0696. The summed E-state index contributed by atoms with van der Waals surface area (Å²) < 4.78 is 41.2. The first-order valence-corrected chi connectivity index (χ1v) is 9.71. The van der Waals surface area contributed by atoms with E-state index in [-0.39, 0.29) is 11.3 Å². The van der Waals surface area contributed by atoms with Crippen molar-refractivity contribution in [3.8, 4) is 11.3 Å². The Balaban J connectivity index is 1.96. The predicted molar refractivity (Wildman–Crippen MR) is 96.5 cm³/mol. The zero-order valence-electron chi connectivity index (χ0n) is 13.4. The Morgan fingerprint density at radius 3 is 2.65 bits per heavy atom. The quantitative estimate of drug-likeness (QED) is 0.689. The number of rotatable bonds is 5. The molecule has 1 aromatic heterocycles. The van der Waals surface area contributed by atoms with E-state index in [9.17, 15) is 17.6 Å². The fourth-order valence-electron chi connectivity index (χ4n) is 2.29. The summed E-state index contributed by atoms with van der Waals surface area (Å²) in [7, 11) is -4.30. The first kappa shape index (κ1) is 18.0. The normalized spacial score (nSPS) is 11.3. The molecular weight excluding hydrogens is 379 g/mol. The molecule has 0 aliphatic carbocycles. The van der Waals surface area contributed by atoms with Gasteiger partial charge in [-0.1, -0.05) is 12.1 Å². The largest absolute Gasteiger partial charge is 0.478 e. The maximum Gasteiger partial charge on any atom is 0.335 e. The second-order valence-electron chi connectivity index (χ2n) is 5.39. The molecule has 6 nitrogen and oxygen atoms in total. The molecule has 2 N–H and O–H groups in total. The Kier molecular flexibility index (Phi) is 4.75. The summed E-state index contributed by atoms with van der Waals surface area (Å²) in [5.74, 6) is -2.38. The number of aromatic carboxylic acids is 1. The Labute approximate surface area is 153 Å². The SMILES string of the molecule is Cc1nc(-c2cccc(NS(=O)(=O)c3cc(C(=O)O)ccc3F)c2)cs1. The van der Waals surface area contributed by atoms with Gasteiger partial charge in [0.15, 0.2) is 0 Å². The summed E-state index contributed by atoms with van der Waals surface area (Å²) in [5, 5.41) is 11.7. The third-order valence-electron chi connectivity index (χ3n) is 3.50. The molecule has 2 aromatic carbocycles. The van der Waals surface area contributed by atoms with Gasteiger partial charge in [-0.05, 0) is 37.3 Å². The van der Waals surface area contributed by atoms with E-state index in [0.29, 0.717) is 11.3 Å². The highest BCUT2D eigenvalue weighted by Gasteiger charge is 2.21. The van der Waals surface area contributed by atoms with Crippen LogP contribution in [0.2, 0.25) is 0 Å². The number of benzene rings is 2. The molecule has 0 saturated carbocycles. The van der Waals surface area contributed by atoms with Crippen molar-refractivity contribution >= 4 is 33.0 Å². The van der Waals surface area contributed by atoms with E-state index >= 15 is 0 Å². The number of aryl methyl sites for hydroxylation is 1. The fraction of sp³-hybridized carbons (Fsp3) is 0.0588. The van der Waals surface area contributed by atoms with E-state index in [1.165, 1.54) is 17.4 Å². The van der Waals surface area contributed by atoms with Crippen LogP contribution >= 0.6 is 11.3 Å². The van der Waals surface area contributed by atoms with Gasteiger partial charge in [-0.2, -0.15) is 0 Å². The average molecular weight is 392 g/mol. The molecule has 0 amide bonds. The van der Waals surface area contributed by atoms with Crippen LogP contribution in [0.5, 0.6) is 0 Å². The third-order valence-corrected chi connectivity index (χ3v) is 5.67. The van der Waals surface area contributed by atoms with Crippen molar-refractivity contribution in [2.75, 3.05) is 4.72 Å². The Hall–Kier alpha value is -2.78. The second kappa shape index (κ2) is 6.85. The van der Waals surface area contributed by atoms with Gasteiger partial charge < -0.3 is 5.11 Å². The molecule has 3 rings (SSSR count). The summed E-state index contributed by atoms with van der Waals surface area (Å²) in [5.41, 5.74) is 1.30. The molecule has 26 heavy (non-hydrogen) atoms. The highest BCUT2D eigenvalue weighted by atomic mass is 32.2. The third kappa shape index (κ3) is 3.73. The van der Waals surface area contributed by atoms with Gasteiger partial charge in [-0.25, -0.2) is 22.6 Å². The number of anilines is 1. The molecule has 0 atom stereocenters. The summed E-state index contributed by atoms with van der Waals surface area (Å²) in [6.45, 7) is 1.86. The molecular formula is C17H13FN2O4S2. The molecule has 0 unspecified atom stereocenters. The van der Waals surface area contributed by atoms with Crippen LogP contribution in [-0.4, -0.2) is 24.5 Å². The Morgan fingerprint density at radius 2 is 2.00 bits per heavy atom. The number of hydrogen-bond acceptors (Lipinski definition) is 5. The monoisotopic (exact) mass is 392 g/mol. The molecule has 3 aromatic rings. The molecule has 0 bridgehead atoms. The van der Waals surface area contributed by atoms with E-state index in [0.717, 1.165) is 23.2 Å². The van der Waals surface area contributed by atoms with Crippen LogP contribution in [-0.2, 0) is 10.0 Å². The number of aromatic nitrogens is 1. The van der Waals surface area contributed by atoms with Gasteiger partial charge in [-0.15, -0.1) is 11.3 Å². The topological polar surface area (TPSA) is 96.4 Å². The van der Waals surface area contributed by atoms with Crippen molar-refractivity contribution in [1.82, 2.24) is 4.98 Å². The van der Waals surface area contributed by atoms with Crippen molar-refractivity contribution in [3.63, 3.8) is 0 Å². The number of hydrogen-bond donors (Lipinski definition) is 2. The molecule has 1 heterocycles. The van der Waals surface area contributed by atoms with E-state index < -0.39 is 26.7 Å². The lowest BCUT2D eigenvalue weighted by Gasteiger charge is -2.10. The summed E-state index contributed by atoms with van der Waals surface area (Å²) in [6.07, 6.45) is 0. The van der Waals surface area contributed by atoms with Gasteiger partial charge in [-0.3, -0.25) is 4.72 Å². The number of carboxylic acids is 1. The van der Waals surface area contributed by atoms with Crippen molar-refractivity contribution in [2.24, 2.45) is 0 Å². The van der Waals surface area contributed by atoms with Crippen LogP contribution in [0.15, 0.2) is 52.7 Å². The van der Waals surface area contributed by atoms with E-state index in [4.69, 9.17) is 5.11 Å². The van der Waals surface area contributed by atoms with Crippen LogP contribution in [0.4, 0.5) is 10.1 Å². The van der Waals surface area contributed by atoms with Crippen molar-refractivity contribution in [3.05, 3.63) is 64.2 Å². The number of halogens is 1. The molecule has 0 spiro atoms. The first-order valence-electron chi connectivity index (χ1n) is 7.34. The van der Waals surface area contributed by atoms with E-state index in [1.54, 1.807) is 18.2 Å².